The minimum atomic E-state index is -1.59. The van der Waals surface area contributed by atoms with Crippen molar-refractivity contribution in [1.82, 2.24) is 56.8 Å². The molecule has 1 heterocycles. The number of nitrogens with zero attached hydrogens (tertiary/aromatic N) is 4. The van der Waals surface area contributed by atoms with Gasteiger partial charge in [-0.2, -0.15) is 0 Å². The number of carboxylic acid groups (broad SMARTS) is 8. The number of carbonyl (C=O) groups excluding carboxylic acids is 5. The molecule has 35 heteroatoms. The summed E-state index contributed by atoms with van der Waals surface area (Å²) in [6.07, 6.45) is 5.10. The number of aryl methyl sites for hydroxylation is 1. The van der Waals surface area contributed by atoms with Gasteiger partial charge in [0.05, 0.1) is 26.2 Å². The fourth-order valence-corrected chi connectivity index (χ4v) is 11.4. The molecular formula is C65H97IN12O21S. The maximum absolute atomic E-state index is 13.9. The Morgan fingerprint density at radius 3 is 1.43 bits per heavy atom. The van der Waals surface area contributed by atoms with Gasteiger partial charge < -0.3 is 83.4 Å². The molecule has 1 aliphatic heterocycles. The molecule has 1 unspecified atom stereocenters. The first-order valence-electron chi connectivity index (χ1n) is 33.3. The SMILES string of the molecule is O=C(O)CC[C@H](NC(=O)N[C@@H](CCC(=O)NCCCCCCCC(=O)N[C@@H](CCCCNC(=S)Nc1ccc(CC2CN(CC(=O)O)CCN(CC(=O)O)CCN(CC(=O)O)CCN2CC(=O)O)cc1)C(=O)N[C@@H](CCCCNC(=O)CCCc1ccc(I)cc1)C(=O)O)C(=O)O)C(=O)O. The van der Waals surface area contributed by atoms with Gasteiger partial charge in [-0.1, -0.05) is 43.5 Å². The molecular weight excluding hydrogens is 1440 g/mol. The first-order chi connectivity index (χ1) is 47.5. The standard InChI is InChI=1S/C65H97IN12O21S/c66-45-20-16-43(17-21-45)11-10-15-52(79)67-29-8-6-13-49(61(93)94)72-60(92)48(71-54(81)14-4-2-1-3-7-28-68-53(80)26-24-50(62(95)96)73-64(99)74-51(63(97)98)25-27-55(82)83)12-5-9-30-69-65(100)70-46-22-18-44(19-23-46)37-47-38-77(41-58(88)89)34-33-75(39-56(84)85)31-32-76(40-57(86)87)35-36-78(47)42-59(90)91/h16-23,47-51H,1-15,24-42H2,(H,67,79)(H,68,80)(H,71,81)(H,72,92)(H,82,83)(H,84,85)(H,86,87)(H,88,89)(H,90,91)(H,93,94)(H,95,96)(H,97,98)(H2,69,70,100)(H2,73,74,99)/t47?,48-,49-,50-,51-/m0/s1. The topological polar surface area (TPSA) is 493 Å². The van der Waals surface area contributed by atoms with Crippen LogP contribution in [-0.4, -0.2) is 265 Å². The summed E-state index contributed by atoms with van der Waals surface area (Å²) < 4.78 is 1.12. The number of amides is 6. The van der Waals surface area contributed by atoms with E-state index < -0.39 is 128 Å². The summed E-state index contributed by atoms with van der Waals surface area (Å²) in [5.74, 6) is -11.8. The van der Waals surface area contributed by atoms with E-state index in [4.69, 9.17) is 17.3 Å². The molecule has 3 rings (SSSR count). The van der Waals surface area contributed by atoms with Crippen molar-refractivity contribution in [1.29, 1.82) is 0 Å². The van der Waals surface area contributed by atoms with Crippen LogP contribution in [0.4, 0.5) is 10.5 Å². The van der Waals surface area contributed by atoms with Crippen molar-refractivity contribution in [2.45, 2.75) is 159 Å². The van der Waals surface area contributed by atoms with Gasteiger partial charge in [-0.3, -0.25) is 62.8 Å². The van der Waals surface area contributed by atoms with Crippen LogP contribution in [0.15, 0.2) is 48.5 Å². The number of thiocarbonyl (C=S) groups is 1. The van der Waals surface area contributed by atoms with Crippen molar-refractivity contribution in [2.24, 2.45) is 0 Å². The molecule has 1 saturated heterocycles. The highest BCUT2D eigenvalue weighted by Crippen LogP contribution is 2.18. The summed E-state index contributed by atoms with van der Waals surface area (Å²) in [5.41, 5.74) is 2.47. The largest absolute Gasteiger partial charge is 0.481 e. The molecule has 2 aromatic rings. The van der Waals surface area contributed by atoms with Gasteiger partial charge >= 0.3 is 53.8 Å². The van der Waals surface area contributed by atoms with Crippen molar-refractivity contribution in [3.63, 3.8) is 0 Å². The van der Waals surface area contributed by atoms with Gasteiger partial charge in [-0.05, 0) is 154 Å². The molecule has 0 bridgehead atoms. The lowest BCUT2D eigenvalue weighted by Gasteiger charge is -2.37. The first-order valence-corrected chi connectivity index (χ1v) is 34.8. The third-order valence-corrected chi connectivity index (χ3v) is 17.1. The van der Waals surface area contributed by atoms with E-state index in [1.54, 1.807) is 43.9 Å². The van der Waals surface area contributed by atoms with E-state index in [2.05, 4.69) is 59.8 Å². The molecule has 0 aliphatic carbocycles. The van der Waals surface area contributed by atoms with Crippen LogP contribution in [-0.2, 0) is 70.4 Å². The van der Waals surface area contributed by atoms with Crippen molar-refractivity contribution >= 4 is 123 Å². The number of nitrogens with one attached hydrogen (secondary N) is 8. The Bertz CT molecular complexity index is 3010. The Hall–Kier alpha value is -8.39. The van der Waals surface area contributed by atoms with Gasteiger partial charge in [0.2, 0.25) is 23.6 Å². The Labute approximate surface area is 598 Å². The molecule has 0 saturated carbocycles. The molecule has 1 aliphatic rings. The van der Waals surface area contributed by atoms with Crippen LogP contribution >= 0.6 is 34.8 Å². The predicted octanol–water partition coefficient (Wildman–Crippen LogP) is 1.89. The minimum Gasteiger partial charge on any atom is -0.481 e. The van der Waals surface area contributed by atoms with Gasteiger partial charge in [0.15, 0.2) is 5.11 Å². The molecule has 2 aromatic carbocycles. The molecule has 0 aromatic heterocycles. The number of benzene rings is 2. The Kier molecular flexibility index (Phi) is 41.5. The number of unbranched alkanes of at least 4 members (excludes halogenated alkanes) is 6. The van der Waals surface area contributed by atoms with E-state index in [0.717, 1.165) is 21.1 Å². The van der Waals surface area contributed by atoms with Gasteiger partial charge in [0.25, 0.3) is 0 Å². The Morgan fingerprint density at radius 2 is 0.880 bits per heavy atom. The molecule has 5 atom stereocenters. The summed E-state index contributed by atoms with van der Waals surface area (Å²) in [4.78, 5) is 165. The molecule has 100 heavy (non-hydrogen) atoms. The second-order valence-corrected chi connectivity index (χ2v) is 26.0. The van der Waals surface area contributed by atoms with Crippen LogP contribution in [0, 0.1) is 3.57 Å². The zero-order valence-electron chi connectivity index (χ0n) is 56.0. The molecule has 1 fully saturated rings. The third kappa shape index (κ3) is 39.4. The number of carboxylic acids is 8. The van der Waals surface area contributed by atoms with Crippen LogP contribution in [0.3, 0.4) is 0 Å². The molecule has 556 valence electrons. The fraction of sp³-hybridized carbons (Fsp3) is 0.600. The number of aliphatic carboxylic acids is 8. The van der Waals surface area contributed by atoms with Crippen LogP contribution in [0.25, 0.3) is 0 Å². The smallest absolute Gasteiger partial charge is 0.326 e. The van der Waals surface area contributed by atoms with Crippen molar-refractivity contribution < 1.29 is 103 Å². The summed E-state index contributed by atoms with van der Waals surface area (Å²) in [5, 5.41) is 98.3. The lowest BCUT2D eigenvalue weighted by Crippen LogP contribution is -2.53. The number of carbonyl (C=O) groups is 13. The van der Waals surface area contributed by atoms with Gasteiger partial charge in [0, 0.05) is 106 Å². The summed E-state index contributed by atoms with van der Waals surface area (Å²) >= 11 is 7.81. The summed E-state index contributed by atoms with van der Waals surface area (Å²) in [7, 11) is 0. The third-order valence-electron chi connectivity index (χ3n) is 16.2. The highest BCUT2D eigenvalue weighted by Gasteiger charge is 2.30. The van der Waals surface area contributed by atoms with Crippen LogP contribution in [0.1, 0.15) is 127 Å². The number of hydrogen-bond donors (Lipinski definition) is 16. The van der Waals surface area contributed by atoms with Crippen molar-refractivity contribution in [3.05, 3.63) is 63.2 Å². The van der Waals surface area contributed by atoms with E-state index >= 15 is 0 Å². The number of urea groups is 1. The number of halogens is 1. The molecule has 33 nitrogen and oxygen atoms in total. The second-order valence-electron chi connectivity index (χ2n) is 24.3. The normalized spacial score (nSPS) is 15.3. The van der Waals surface area contributed by atoms with Crippen molar-refractivity contribution in [3.8, 4) is 0 Å². The van der Waals surface area contributed by atoms with Gasteiger partial charge in [-0.15, -0.1) is 0 Å². The zero-order valence-corrected chi connectivity index (χ0v) is 59.0. The lowest BCUT2D eigenvalue weighted by atomic mass is 10.0. The monoisotopic (exact) mass is 1540 g/mol. The lowest BCUT2D eigenvalue weighted by molar-refractivity contribution is -0.142. The van der Waals surface area contributed by atoms with Gasteiger partial charge in [-0.25, -0.2) is 19.2 Å². The first kappa shape index (κ1) is 85.8. The quantitative estimate of drug-likeness (QED) is 0.0255. The van der Waals surface area contributed by atoms with E-state index in [9.17, 15) is 98.1 Å². The Morgan fingerprint density at radius 1 is 0.430 bits per heavy atom. The second kappa shape index (κ2) is 48.4. The number of hydrogen-bond acceptors (Lipinski definition) is 18. The zero-order chi connectivity index (χ0) is 73.9. The van der Waals surface area contributed by atoms with E-state index in [1.165, 1.54) is 0 Å². The maximum Gasteiger partial charge on any atom is 0.326 e. The van der Waals surface area contributed by atoms with Crippen LogP contribution in [0.5, 0.6) is 0 Å². The highest BCUT2D eigenvalue weighted by molar-refractivity contribution is 14.1. The van der Waals surface area contributed by atoms with E-state index in [0.29, 0.717) is 89.4 Å². The van der Waals surface area contributed by atoms with E-state index in [1.807, 2.05) is 29.6 Å². The van der Waals surface area contributed by atoms with Crippen LogP contribution in [0.2, 0.25) is 0 Å². The number of anilines is 1. The van der Waals surface area contributed by atoms with E-state index in [-0.39, 0.29) is 115 Å². The van der Waals surface area contributed by atoms with Crippen molar-refractivity contribution in [2.75, 3.05) is 96.9 Å². The summed E-state index contributed by atoms with van der Waals surface area (Å²) in [6, 6.07) is 7.85. The molecule has 16 N–H and O–H groups in total. The average molecular weight is 1540 g/mol. The Balaban J connectivity index is 1.58. The number of rotatable bonds is 47. The summed E-state index contributed by atoms with van der Waals surface area (Å²) in [6.45, 7) is 0.303. The molecule has 0 radical (unpaired) electrons. The minimum absolute atomic E-state index is 0.0412. The predicted molar refractivity (Wildman–Crippen MR) is 375 cm³/mol. The maximum atomic E-state index is 13.9. The molecule has 0 spiro atoms. The average Bonchev–Trinajstić information content (AvgIpc) is 0.866. The van der Waals surface area contributed by atoms with Crippen LogP contribution < -0.4 is 42.5 Å². The highest BCUT2D eigenvalue weighted by atomic mass is 127. The fourth-order valence-electron chi connectivity index (χ4n) is 10.8. The molecule has 6 amide bonds. The van der Waals surface area contributed by atoms with Gasteiger partial charge in [0.1, 0.15) is 24.2 Å².